The first kappa shape index (κ1) is 29.0. The van der Waals surface area contributed by atoms with Crippen LogP contribution in [0.5, 0.6) is 5.75 Å². The summed E-state index contributed by atoms with van der Waals surface area (Å²) in [4.78, 5) is 32.8. The fourth-order valence-corrected chi connectivity index (χ4v) is 6.02. The number of rotatable bonds is 9. The molecule has 1 aliphatic rings. The van der Waals surface area contributed by atoms with Gasteiger partial charge in [0.2, 0.25) is 0 Å². The number of fused-ring (bicyclic) bond motifs is 1. The van der Waals surface area contributed by atoms with Gasteiger partial charge in [0.1, 0.15) is 5.75 Å². The van der Waals surface area contributed by atoms with E-state index in [4.69, 9.17) is 14.5 Å². The number of carbonyl (C=O) groups excluding carboxylic acids is 1. The second-order valence-corrected chi connectivity index (χ2v) is 12.0. The van der Waals surface area contributed by atoms with Crippen molar-refractivity contribution in [2.24, 2.45) is 4.99 Å². The van der Waals surface area contributed by atoms with Crippen LogP contribution in [0.15, 0.2) is 68.0 Å². The number of halogens is 1. The first-order chi connectivity index (χ1) is 18.6. The molecule has 2 aromatic carbocycles. The topological polar surface area (TPSA) is 69.9 Å². The Morgan fingerprint density at radius 1 is 1.13 bits per heavy atom. The third-order valence-electron chi connectivity index (χ3n) is 6.43. The number of thiazole rings is 1. The minimum atomic E-state index is -0.626. The van der Waals surface area contributed by atoms with Gasteiger partial charge in [0.25, 0.3) is 5.56 Å². The van der Waals surface area contributed by atoms with Crippen molar-refractivity contribution in [3.63, 3.8) is 0 Å². The van der Waals surface area contributed by atoms with E-state index in [1.165, 1.54) is 16.9 Å². The predicted octanol–water partition coefficient (Wildman–Crippen LogP) is 6.25. The highest BCUT2D eigenvalue weighted by molar-refractivity contribution is 9.10. The third-order valence-corrected chi connectivity index (χ3v) is 7.91. The van der Waals surface area contributed by atoms with E-state index in [9.17, 15) is 9.59 Å². The molecule has 0 spiro atoms. The largest absolute Gasteiger partial charge is 0.490 e. The molecule has 0 amide bonds. The second-order valence-electron chi connectivity index (χ2n) is 10.1. The lowest BCUT2D eigenvalue weighted by Crippen LogP contribution is -2.40. The average molecular weight is 612 g/mol. The Bertz CT molecular complexity index is 1570. The summed E-state index contributed by atoms with van der Waals surface area (Å²) >= 11 is 4.86. The lowest BCUT2D eigenvalue weighted by molar-refractivity contribution is -0.139. The summed E-state index contributed by atoms with van der Waals surface area (Å²) in [5.74, 6) is 0.625. The molecule has 1 aliphatic heterocycles. The van der Waals surface area contributed by atoms with E-state index >= 15 is 0 Å². The summed E-state index contributed by atoms with van der Waals surface area (Å²) in [6.45, 7) is 12.3. The highest BCUT2D eigenvalue weighted by atomic mass is 79.9. The standard InChI is InChI=1S/C31H35BrN2O4S/c1-7-9-24-27(30(36)37-8-2)28(21-12-10-20(11-13-21)18(3)4)34-29(35)26(39-31(34)33-24)17-22-16-23(32)14-15-25(22)38-19(5)6/h10-19,28H,7-9H2,1-6H3/b26-17+/t28-/m1/s1. The van der Waals surface area contributed by atoms with Gasteiger partial charge in [-0.25, -0.2) is 9.79 Å². The van der Waals surface area contributed by atoms with E-state index in [-0.39, 0.29) is 18.3 Å². The van der Waals surface area contributed by atoms with Crippen molar-refractivity contribution in [1.29, 1.82) is 0 Å². The third kappa shape index (κ3) is 6.28. The summed E-state index contributed by atoms with van der Waals surface area (Å²) in [5, 5.41) is 0. The summed E-state index contributed by atoms with van der Waals surface area (Å²) in [7, 11) is 0. The quantitative estimate of drug-likeness (QED) is 0.268. The molecule has 8 heteroatoms. The van der Waals surface area contributed by atoms with Crippen molar-refractivity contribution in [2.45, 2.75) is 72.4 Å². The Balaban J connectivity index is 1.98. The van der Waals surface area contributed by atoms with E-state index < -0.39 is 12.0 Å². The van der Waals surface area contributed by atoms with Crippen molar-refractivity contribution in [2.75, 3.05) is 6.61 Å². The van der Waals surface area contributed by atoms with Crippen LogP contribution in [0.2, 0.25) is 0 Å². The molecule has 6 nitrogen and oxygen atoms in total. The van der Waals surface area contributed by atoms with E-state index in [2.05, 4.69) is 48.8 Å². The van der Waals surface area contributed by atoms with Crippen LogP contribution in [-0.4, -0.2) is 23.2 Å². The van der Waals surface area contributed by atoms with Crippen LogP contribution in [0.3, 0.4) is 0 Å². The van der Waals surface area contributed by atoms with Crippen LogP contribution in [0.4, 0.5) is 0 Å². The van der Waals surface area contributed by atoms with Gasteiger partial charge in [-0.3, -0.25) is 9.36 Å². The lowest BCUT2D eigenvalue weighted by atomic mass is 9.92. The van der Waals surface area contributed by atoms with Gasteiger partial charge < -0.3 is 9.47 Å². The molecule has 0 radical (unpaired) electrons. The van der Waals surface area contributed by atoms with Gasteiger partial charge >= 0.3 is 5.97 Å². The Morgan fingerprint density at radius 2 is 1.85 bits per heavy atom. The maximum Gasteiger partial charge on any atom is 0.338 e. The molecule has 0 fully saturated rings. The molecule has 39 heavy (non-hydrogen) atoms. The van der Waals surface area contributed by atoms with Crippen LogP contribution in [0, 0.1) is 0 Å². The molecule has 0 saturated carbocycles. The molecule has 0 unspecified atom stereocenters. The van der Waals surface area contributed by atoms with Crippen molar-refractivity contribution in [1.82, 2.24) is 4.57 Å². The zero-order chi connectivity index (χ0) is 28.3. The number of nitrogens with zero attached hydrogens (tertiary/aromatic N) is 2. The number of hydrogen-bond donors (Lipinski definition) is 0. The summed E-state index contributed by atoms with van der Waals surface area (Å²) < 4.78 is 14.6. The Hall–Kier alpha value is -2.97. The Kier molecular flexibility index (Phi) is 9.28. The molecule has 1 atom stereocenters. The molecule has 1 aromatic heterocycles. The average Bonchev–Trinajstić information content (AvgIpc) is 3.19. The number of allylic oxidation sites excluding steroid dienone is 1. The molecule has 0 bridgehead atoms. The fourth-order valence-electron chi connectivity index (χ4n) is 4.63. The Morgan fingerprint density at radius 3 is 2.46 bits per heavy atom. The first-order valence-electron chi connectivity index (χ1n) is 13.4. The molecular formula is C31H35BrN2O4S. The molecule has 4 rings (SSSR count). The van der Waals surface area contributed by atoms with E-state index in [1.807, 2.05) is 50.3 Å². The number of aromatic nitrogens is 1. The van der Waals surface area contributed by atoms with Gasteiger partial charge in [0, 0.05) is 10.0 Å². The lowest BCUT2D eigenvalue weighted by Gasteiger charge is -2.26. The van der Waals surface area contributed by atoms with Crippen LogP contribution >= 0.6 is 27.3 Å². The van der Waals surface area contributed by atoms with Gasteiger partial charge in [0.05, 0.1) is 34.6 Å². The highest BCUT2D eigenvalue weighted by Gasteiger charge is 2.34. The minimum Gasteiger partial charge on any atom is -0.490 e. The van der Waals surface area contributed by atoms with Crippen LogP contribution in [0.1, 0.15) is 83.0 Å². The van der Waals surface area contributed by atoms with Crippen molar-refractivity contribution in [3.05, 3.63) is 94.6 Å². The highest BCUT2D eigenvalue weighted by Crippen LogP contribution is 2.33. The molecule has 3 aromatic rings. The Labute approximate surface area is 241 Å². The van der Waals surface area contributed by atoms with Crippen molar-refractivity contribution < 1.29 is 14.3 Å². The zero-order valence-corrected chi connectivity index (χ0v) is 25.7. The summed E-state index contributed by atoms with van der Waals surface area (Å²) in [6.07, 6.45) is 3.25. The summed E-state index contributed by atoms with van der Waals surface area (Å²) in [6, 6.07) is 13.3. The maximum atomic E-state index is 14.0. The number of hydrogen-bond acceptors (Lipinski definition) is 6. The zero-order valence-electron chi connectivity index (χ0n) is 23.3. The van der Waals surface area contributed by atoms with Crippen LogP contribution < -0.4 is 19.6 Å². The predicted molar refractivity (Wildman–Crippen MR) is 160 cm³/mol. The van der Waals surface area contributed by atoms with E-state index in [0.29, 0.717) is 38.7 Å². The van der Waals surface area contributed by atoms with Crippen LogP contribution in [-0.2, 0) is 9.53 Å². The fraction of sp³-hybridized carbons (Fsp3) is 0.387. The summed E-state index contributed by atoms with van der Waals surface area (Å²) in [5.41, 5.74) is 3.73. The molecule has 2 heterocycles. The van der Waals surface area contributed by atoms with E-state index in [0.717, 1.165) is 22.0 Å². The van der Waals surface area contributed by atoms with Gasteiger partial charge in [-0.1, -0.05) is 78.7 Å². The van der Waals surface area contributed by atoms with Gasteiger partial charge in [-0.05, 0) is 68.5 Å². The molecule has 206 valence electrons. The SMILES string of the molecule is CCCC1=C(C(=O)OCC)[C@@H](c2ccc(C(C)C)cc2)n2c(s/c(=C/c3cc(Br)ccc3OC(C)C)c2=O)=N1. The van der Waals surface area contributed by atoms with Crippen molar-refractivity contribution >= 4 is 39.3 Å². The van der Waals surface area contributed by atoms with E-state index in [1.54, 1.807) is 11.5 Å². The monoisotopic (exact) mass is 610 g/mol. The molecule has 0 N–H and O–H groups in total. The maximum absolute atomic E-state index is 14.0. The second kappa shape index (κ2) is 12.5. The smallest absolute Gasteiger partial charge is 0.338 e. The number of esters is 1. The minimum absolute atomic E-state index is 0.0166. The molecule has 0 aliphatic carbocycles. The van der Waals surface area contributed by atoms with Crippen molar-refractivity contribution in [3.8, 4) is 5.75 Å². The first-order valence-corrected chi connectivity index (χ1v) is 15.0. The molecular weight excluding hydrogens is 576 g/mol. The normalized spacial score (nSPS) is 15.5. The number of carbonyl (C=O) groups is 1. The van der Waals surface area contributed by atoms with Gasteiger partial charge in [-0.2, -0.15) is 0 Å². The van der Waals surface area contributed by atoms with Gasteiger partial charge in [-0.15, -0.1) is 0 Å². The molecule has 0 saturated heterocycles. The van der Waals surface area contributed by atoms with Gasteiger partial charge in [0.15, 0.2) is 4.80 Å². The van der Waals surface area contributed by atoms with Crippen LogP contribution in [0.25, 0.3) is 6.08 Å². The number of ether oxygens (including phenoxy) is 2. The number of benzene rings is 2.